The molecular formula is C11H11N3O4S2. The van der Waals surface area contributed by atoms with Gasteiger partial charge in [0.1, 0.15) is 5.76 Å². The van der Waals surface area contributed by atoms with Crippen molar-refractivity contribution in [1.82, 2.24) is 10.2 Å². The summed E-state index contributed by atoms with van der Waals surface area (Å²) in [5.74, 6) is -0.736. The van der Waals surface area contributed by atoms with Gasteiger partial charge in [-0.15, -0.1) is 10.2 Å². The average molecular weight is 313 g/mol. The Bertz CT molecular complexity index is 623. The molecule has 2 N–H and O–H groups in total. The van der Waals surface area contributed by atoms with Crippen molar-refractivity contribution in [1.29, 1.82) is 0 Å². The van der Waals surface area contributed by atoms with Crippen molar-refractivity contribution < 1.29 is 19.1 Å². The van der Waals surface area contributed by atoms with Gasteiger partial charge in [0.15, 0.2) is 4.34 Å². The van der Waals surface area contributed by atoms with Crippen LogP contribution >= 0.6 is 23.1 Å². The molecule has 20 heavy (non-hydrogen) atoms. The SMILES string of the molecule is CCc1occc1C(=O)Nc1nnc(SCC(=O)O)s1. The molecule has 0 aliphatic heterocycles. The maximum atomic E-state index is 12.0. The molecule has 0 saturated carbocycles. The number of thioether (sulfide) groups is 1. The van der Waals surface area contributed by atoms with E-state index in [1.165, 1.54) is 6.26 Å². The Labute approximate surface area is 122 Å². The molecule has 2 rings (SSSR count). The van der Waals surface area contributed by atoms with Gasteiger partial charge in [0.25, 0.3) is 5.91 Å². The second-order valence-electron chi connectivity index (χ2n) is 3.62. The number of hydrogen-bond donors (Lipinski definition) is 2. The van der Waals surface area contributed by atoms with E-state index in [2.05, 4.69) is 15.5 Å². The fraction of sp³-hybridized carbons (Fsp3) is 0.273. The summed E-state index contributed by atoms with van der Waals surface area (Å²) in [7, 11) is 0. The lowest BCUT2D eigenvalue weighted by Gasteiger charge is -1.99. The van der Waals surface area contributed by atoms with Crippen LogP contribution in [0.3, 0.4) is 0 Å². The quantitative estimate of drug-likeness (QED) is 0.621. The minimum absolute atomic E-state index is 0.0930. The Morgan fingerprint density at radius 3 is 3.00 bits per heavy atom. The van der Waals surface area contributed by atoms with Crippen LogP contribution in [0.25, 0.3) is 0 Å². The molecule has 2 aromatic rings. The number of anilines is 1. The summed E-state index contributed by atoms with van der Waals surface area (Å²) in [6, 6.07) is 1.59. The third-order valence-electron chi connectivity index (χ3n) is 2.26. The fourth-order valence-corrected chi connectivity index (χ4v) is 2.89. The van der Waals surface area contributed by atoms with Gasteiger partial charge >= 0.3 is 5.97 Å². The average Bonchev–Trinajstić information content (AvgIpc) is 3.04. The van der Waals surface area contributed by atoms with Crippen LogP contribution in [0, 0.1) is 0 Å². The Morgan fingerprint density at radius 2 is 2.30 bits per heavy atom. The molecule has 0 radical (unpaired) electrons. The molecule has 0 aromatic carbocycles. The van der Waals surface area contributed by atoms with Gasteiger partial charge in [-0.05, 0) is 6.07 Å². The Kier molecular flexibility index (Phi) is 4.74. The zero-order chi connectivity index (χ0) is 14.5. The number of carbonyl (C=O) groups is 2. The van der Waals surface area contributed by atoms with Crippen molar-refractivity contribution in [3.8, 4) is 0 Å². The minimum atomic E-state index is -0.929. The standard InChI is InChI=1S/C11H11N3O4S2/c1-2-7-6(3-4-18-7)9(17)12-10-13-14-11(20-10)19-5-8(15)16/h3-4H,2,5H2,1H3,(H,15,16)(H,12,13,17). The van der Waals surface area contributed by atoms with Crippen LogP contribution in [0.15, 0.2) is 21.1 Å². The minimum Gasteiger partial charge on any atom is -0.481 e. The molecule has 1 amide bonds. The number of aliphatic carboxylic acids is 1. The summed E-state index contributed by atoms with van der Waals surface area (Å²) in [5.41, 5.74) is 0.461. The van der Waals surface area contributed by atoms with E-state index < -0.39 is 5.97 Å². The van der Waals surface area contributed by atoms with Crippen LogP contribution in [0.4, 0.5) is 5.13 Å². The lowest BCUT2D eigenvalue weighted by atomic mass is 10.2. The number of aromatic nitrogens is 2. The lowest BCUT2D eigenvalue weighted by Crippen LogP contribution is -2.12. The lowest BCUT2D eigenvalue weighted by molar-refractivity contribution is -0.133. The molecule has 2 aromatic heterocycles. The molecule has 0 aliphatic rings. The number of carboxylic acids is 1. The van der Waals surface area contributed by atoms with E-state index in [1.807, 2.05) is 6.92 Å². The number of hydrogen-bond acceptors (Lipinski definition) is 7. The van der Waals surface area contributed by atoms with Crippen molar-refractivity contribution in [3.63, 3.8) is 0 Å². The third kappa shape index (κ3) is 3.58. The number of nitrogens with zero attached hydrogens (tertiary/aromatic N) is 2. The summed E-state index contributed by atoms with van der Waals surface area (Å²) < 4.78 is 5.67. The topological polar surface area (TPSA) is 105 Å². The second kappa shape index (κ2) is 6.53. The number of nitrogens with one attached hydrogen (secondary N) is 1. The zero-order valence-corrected chi connectivity index (χ0v) is 12.1. The van der Waals surface area contributed by atoms with Gasteiger partial charge in [0.05, 0.1) is 17.6 Å². The van der Waals surface area contributed by atoms with E-state index in [0.717, 1.165) is 23.1 Å². The number of carboxylic acid groups (broad SMARTS) is 1. The monoisotopic (exact) mass is 313 g/mol. The van der Waals surface area contributed by atoms with Crippen LogP contribution in [0.1, 0.15) is 23.0 Å². The van der Waals surface area contributed by atoms with Gasteiger partial charge in [0, 0.05) is 6.42 Å². The van der Waals surface area contributed by atoms with Crippen molar-refractivity contribution in [2.24, 2.45) is 0 Å². The first-order valence-corrected chi connectivity index (χ1v) is 7.46. The molecule has 0 bridgehead atoms. The zero-order valence-electron chi connectivity index (χ0n) is 10.5. The number of furan rings is 1. The number of amides is 1. The molecule has 2 heterocycles. The fourth-order valence-electron chi connectivity index (χ4n) is 1.42. The molecule has 0 atom stereocenters. The van der Waals surface area contributed by atoms with Crippen LogP contribution in [-0.2, 0) is 11.2 Å². The third-order valence-corrected chi connectivity index (χ3v) is 4.21. The highest BCUT2D eigenvalue weighted by atomic mass is 32.2. The molecule has 0 aliphatic carbocycles. The van der Waals surface area contributed by atoms with E-state index in [9.17, 15) is 9.59 Å². The van der Waals surface area contributed by atoms with Crippen molar-refractivity contribution in [2.75, 3.05) is 11.1 Å². The normalized spacial score (nSPS) is 10.4. The Hall–Kier alpha value is -1.87. The first-order chi connectivity index (χ1) is 9.60. The smallest absolute Gasteiger partial charge is 0.313 e. The highest BCUT2D eigenvalue weighted by Gasteiger charge is 2.15. The molecular weight excluding hydrogens is 302 g/mol. The number of carbonyl (C=O) groups excluding carboxylic acids is 1. The number of rotatable bonds is 6. The van der Waals surface area contributed by atoms with Crippen molar-refractivity contribution >= 4 is 40.1 Å². The van der Waals surface area contributed by atoms with E-state index in [-0.39, 0.29) is 11.7 Å². The first kappa shape index (κ1) is 14.5. The van der Waals surface area contributed by atoms with E-state index in [0.29, 0.717) is 27.2 Å². The largest absolute Gasteiger partial charge is 0.481 e. The molecule has 0 spiro atoms. The van der Waals surface area contributed by atoms with E-state index in [1.54, 1.807) is 6.07 Å². The molecule has 106 valence electrons. The molecule has 7 nitrogen and oxygen atoms in total. The van der Waals surface area contributed by atoms with Gasteiger partial charge < -0.3 is 9.52 Å². The summed E-state index contributed by atoms with van der Waals surface area (Å²) in [6.07, 6.45) is 2.08. The second-order valence-corrected chi connectivity index (χ2v) is 5.82. The summed E-state index contributed by atoms with van der Waals surface area (Å²) in [6.45, 7) is 1.89. The summed E-state index contributed by atoms with van der Waals surface area (Å²) in [4.78, 5) is 22.4. The van der Waals surface area contributed by atoms with Crippen LogP contribution in [-0.4, -0.2) is 32.9 Å². The van der Waals surface area contributed by atoms with Crippen LogP contribution in [0.5, 0.6) is 0 Å². The Morgan fingerprint density at radius 1 is 1.50 bits per heavy atom. The van der Waals surface area contributed by atoms with Gasteiger partial charge in [-0.1, -0.05) is 30.0 Å². The van der Waals surface area contributed by atoms with Crippen molar-refractivity contribution in [3.05, 3.63) is 23.7 Å². The van der Waals surface area contributed by atoms with Gasteiger partial charge in [-0.3, -0.25) is 14.9 Å². The summed E-state index contributed by atoms with van der Waals surface area (Å²) in [5, 5.41) is 19.1. The number of aryl methyl sites for hydroxylation is 1. The molecule has 0 saturated heterocycles. The Balaban J connectivity index is 2.00. The van der Waals surface area contributed by atoms with Gasteiger partial charge in [-0.25, -0.2) is 0 Å². The molecule has 0 unspecified atom stereocenters. The van der Waals surface area contributed by atoms with Crippen LogP contribution < -0.4 is 5.32 Å². The maximum absolute atomic E-state index is 12.0. The van der Waals surface area contributed by atoms with Gasteiger partial charge in [-0.2, -0.15) is 0 Å². The highest BCUT2D eigenvalue weighted by Crippen LogP contribution is 2.25. The summed E-state index contributed by atoms with van der Waals surface area (Å²) >= 11 is 2.19. The predicted octanol–water partition coefficient (Wildman–Crippen LogP) is 2.12. The predicted molar refractivity (Wildman–Crippen MR) is 74.3 cm³/mol. The maximum Gasteiger partial charge on any atom is 0.313 e. The molecule has 0 fully saturated rings. The van der Waals surface area contributed by atoms with Gasteiger partial charge in [0.2, 0.25) is 5.13 Å². The molecule has 9 heteroatoms. The first-order valence-electron chi connectivity index (χ1n) is 5.66. The van der Waals surface area contributed by atoms with Crippen molar-refractivity contribution in [2.45, 2.75) is 17.7 Å². The highest BCUT2D eigenvalue weighted by molar-refractivity contribution is 8.01. The van der Waals surface area contributed by atoms with Crippen LogP contribution in [0.2, 0.25) is 0 Å². The van der Waals surface area contributed by atoms with E-state index >= 15 is 0 Å². The van der Waals surface area contributed by atoms with E-state index in [4.69, 9.17) is 9.52 Å².